The molecule has 3 rings (SSSR count). The molecular weight excluding hydrogens is 374 g/mol. The summed E-state index contributed by atoms with van der Waals surface area (Å²) in [5.74, 6) is -0.802. The van der Waals surface area contributed by atoms with Crippen molar-refractivity contribution in [1.82, 2.24) is 10.2 Å². The van der Waals surface area contributed by atoms with Gasteiger partial charge in [-0.1, -0.05) is 28.9 Å². The van der Waals surface area contributed by atoms with Gasteiger partial charge in [-0.15, -0.1) is 0 Å². The molecule has 1 saturated carbocycles. The quantitative estimate of drug-likeness (QED) is 0.802. The van der Waals surface area contributed by atoms with Crippen LogP contribution in [0.15, 0.2) is 22.7 Å². The second kappa shape index (κ2) is 7.11. The number of nitrogens with zero attached hydrogens (tertiary/aromatic N) is 2. The van der Waals surface area contributed by atoms with Crippen molar-refractivity contribution in [1.29, 1.82) is 0 Å². The highest BCUT2D eigenvalue weighted by Gasteiger charge is 2.36. The van der Waals surface area contributed by atoms with E-state index in [1.807, 2.05) is 24.0 Å². The van der Waals surface area contributed by atoms with Crippen LogP contribution in [0.1, 0.15) is 25.3 Å². The predicted molar refractivity (Wildman–Crippen MR) is 95.4 cm³/mol. The standard InChI is InChI=1S/C17H22BrN3O3/c1-2-20(10-16(22)23)14-8-13(9-14)19-17(24)21-6-5-11-3-4-12(18)7-15(11)21/h3-4,7,13-14H,2,5-6,8-10H2,1H3,(H,19,24)(H,22,23). The van der Waals surface area contributed by atoms with Gasteiger partial charge in [0.15, 0.2) is 0 Å². The Morgan fingerprint density at radius 3 is 2.83 bits per heavy atom. The molecule has 1 aliphatic heterocycles. The van der Waals surface area contributed by atoms with E-state index < -0.39 is 5.97 Å². The first-order valence-electron chi connectivity index (χ1n) is 8.30. The molecule has 0 atom stereocenters. The van der Waals surface area contributed by atoms with Gasteiger partial charge in [0.1, 0.15) is 0 Å². The largest absolute Gasteiger partial charge is 0.480 e. The summed E-state index contributed by atoms with van der Waals surface area (Å²) < 4.78 is 0.969. The second-order valence-electron chi connectivity index (χ2n) is 6.40. The van der Waals surface area contributed by atoms with Gasteiger partial charge in [0.25, 0.3) is 0 Å². The highest BCUT2D eigenvalue weighted by Crippen LogP contribution is 2.32. The van der Waals surface area contributed by atoms with Crippen LogP contribution in [-0.4, -0.2) is 53.7 Å². The summed E-state index contributed by atoms with van der Waals surface area (Å²) in [5.41, 5.74) is 2.16. The van der Waals surface area contributed by atoms with Gasteiger partial charge in [-0.25, -0.2) is 4.79 Å². The van der Waals surface area contributed by atoms with E-state index in [-0.39, 0.29) is 24.7 Å². The number of anilines is 1. The Kier molecular flexibility index (Phi) is 5.10. The number of nitrogens with one attached hydrogen (secondary N) is 1. The molecule has 1 aliphatic carbocycles. The van der Waals surface area contributed by atoms with Gasteiger partial charge >= 0.3 is 12.0 Å². The molecule has 130 valence electrons. The molecule has 1 fully saturated rings. The minimum absolute atomic E-state index is 0.0587. The third-order valence-electron chi connectivity index (χ3n) is 4.89. The molecule has 24 heavy (non-hydrogen) atoms. The van der Waals surface area contributed by atoms with Gasteiger partial charge in [0.05, 0.1) is 6.54 Å². The highest BCUT2D eigenvalue weighted by molar-refractivity contribution is 9.10. The Hall–Kier alpha value is -1.60. The third-order valence-corrected chi connectivity index (χ3v) is 5.38. The fraction of sp³-hybridized carbons (Fsp3) is 0.529. The zero-order valence-electron chi connectivity index (χ0n) is 13.7. The maximum atomic E-state index is 12.5. The number of urea groups is 1. The molecule has 2 N–H and O–H groups in total. The topological polar surface area (TPSA) is 72.9 Å². The Morgan fingerprint density at radius 1 is 1.42 bits per heavy atom. The van der Waals surface area contributed by atoms with Gasteiger partial charge in [-0.3, -0.25) is 14.6 Å². The lowest BCUT2D eigenvalue weighted by Gasteiger charge is -2.42. The number of benzene rings is 1. The first-order chi connectivity index (χ1) is 11.5. The smallest absolute Gasteiger partial charge is 0.322 e. The van der Waals surface area contributed by atoms with Crippen LogP contribution in [0.2, 0.25) is 0 Å². The van der Waals surface area contributed by atoms with Crippen molar-refractivity contribution in [3.05, 3.63) is 28.2 Å². The van der Waals surface area contributed by atoms with Gasteiger partial charge in [0, 0.05) is 28.8 Å². The first-order valence-corrected chi connectivity index (χ1v) is 9.09. The van der Waals surface area contributed by atoms with Gasteiger partial charge in [-0.2, -0.15) is 0 Å². The molecule has 0 unspecified atom stereocenters. The molecule has 0 bridgehead atoms. The van der Waals surface area contributed by atoms with Crippen molar-refractivity contribution in [2.75, 3.05) is 24.5 Å². The number of aliphatic carboxylic acids is 1. The average molecular weight is 396 g/mol. The molecule has 1 aromatic carbocycles. The molecular formula is C17H22BrN3O3. The van der Waals surface area contributed by atoms with Crippen LogP contribution in [-0.2, 0) is 11.2 Å². The van der Waals surface area contributed by atoms with Crippen LogP contribution in [0.25, 0.3) is 0 Å². The maximum absolute atomic E-state index is 12.5. The van der Waals surface area contributed by atoms with Crippen LogP contribution in [0.3, 0.4) is 0 Å². The molecule has 0 spiro atoms. The van der Waals surface area contributed by atoms with Gasteiger partial charge in [-0.05, 0) is 43.5 Å². The van der Waals surface area contributed by atoms with Crippen molar-refractivity contribution in [3.8, 4) is 0 Å². The molecule has 0 saturated heterocycles. The number of hydrogen-bond donors (Lipinski definition) is 2. The van der Waals surface area contributed by atoms with Crippen molar-refractivity contribution in [2.24, 2.45) is 0 Å². The fourth-order valence-corrected chi connectivity index (χ4v) is 3.84. The van der Waals surface area contributed by atoms with Crippen molar-refractivity contribution < 1.29 is 14.7 Å². The lowest BCUT2D eigenvalue weighted by Crippen LogP contribution is -2.56. The Balaban J connectivity index is 1.53. The molecule has 6 nitrogen and oxygen atoms in total. The number of carbonyl (C=O) groups is 2. The van der Waals surface area contributed by atoms with Crippen LogP contribution in [0, 0.1) is 0 Å². The second-order valence-corrected chi connectivity index (χ2v) is 7.32. The number of carboxylic acid groups (broad SMARTS) is 1. The van der Waals surface area contributed by atoms with Crippen LogP contribution >= 0.6 is 15.9 Å². The first kappa shape index (κ1) is 17.2. The van der Waals surface area contributed by atoms with Gasteiger partial charge in [0.2, 0.25) is 0 Å². The van der Waals surface area contributed by atoms with Crippen LogP contribution < -0.4 is 10.2 Å². The van der Waals surface area contributed by atoms with E-state index in [1.165, 1.54) is 5.56 Å². The molecule has 1 heterocycles. The van der Waals surface area contributed by atoms with Gasteiger partial charge < -0.3 is 10.4 Å². The molecule has 2 amide bonds. The number of carboxylic acids is 1. The molecule has 0 aromatic heterocycles. The number of halogens is 1. The Bertz CT molecular complexity index is 646. The summed E-state index contributed by atoms with van der Waals surface area (Å²) in [4.78, 5) is 27.2. The van der Waals surface area contributed by atoms with E-state index >= 15 is 0 Å². The predicted octanol–water partition coefficient (Wildman–Crippen LogP) is 2.46. The van der Waals surface area contributed by atoms with E-state index in [2.05, 4.69) is 27.3 Å². The third kappa shape index (κ3) is 3.57. The van der Waals surface area contributed by atoms with Crippen molar-refractivity contribution >= 4 is 33.6 Å². The van der Waals surface area contributed by atoms with Crippen molar-refractivity contribution in [2.45, 2.75) is 38.3 Å². The van der Waals surface area contributed by atoms with E-state index in [0.717, 1.165) is 29.4 Å². The lowest BCUT2D eigenvalue weighted by molar-refractivity contribution is -0.139. The molecule has 7 heteroatoms. The van der Waals surface area contributed by atoms with Crippen LogP contribution in [0.4, 0.5) is 10.5 Å². The summed E-state index contributed by atoms with van der Waals surface area (Å²) in [6.07, 6.45) is 2.50. The SMILES string of the molecule is CCN(CC(=O)O)C1CC(NC(=O)N2CCc3ccc(Br)cc32)C1. The normalized spacial score (nSPS) is 22.2. The zero-order valence-corrected chi connectivity index (χ0v) is 15.3. The average Bonchev–Trinajstić information content (AvgIpc) is 2.91. The Morgan fingerprint density at radius 2 is 2.17 bits per heavy atom. The number of hydrogen-bond acceptors (Lipinski definition) is 3. The number of amides is 2. The monoisotopic (exact) mass is 395 g/mol. The maximum Gasteiger partial charge on any atom is 0.322 e. The Labute approximate surface area is 149 Å². The molecule has 0 radical (unpaired) electrons. The van der Waals surface area contributed by atoms with Crippen LogP contribution in [0.5, 0.6) is 0 Å². The number of carbonyl (C=O) groups excluding carboxylic acids is 1. The molecule has 2 aliphatic rings. The van der Waals surface area contributed by atoms with E-state index in [1.54, 1.807) is 4.90 Å². The molecule has 1 aromatic rings. The van der Waals surface area contributed by atoms with E-state index in [9.17, 15) is 9.59 Å². The van der Waals surface area contributed by atoms with E-state index in [4.69, 9.17) is 5.11 Å². The number of rotatable bonds is 5. The summed E-state index contributed by atoms with van der Waals surface area (Å²) in [6.45, 7) is 3.45. The van der Waals surface area contributed by atoms with Crippen molar-refractivity contribution in [3.63, 3.8) is 0 Å². The minimum atomic E-state index is -0.802. The fourth-order valence-electron chi connectivity index (χ4n) is 3.49. The van der Waals surface area contributed by atoms with E-state index in [0.29, 0.717) is 13.1 Å². The number of fused-ring (bicyclic) bond motifs is 1. The summed E-state index contributed by atoms with van der Waals surface area (Å²) >= 11 is 3.46. The number of likely N-dealkylation sites (N-methyl/N-ethyl adjacent to an activating group) is 1. The summed E-state index contributed by atoms with van der Waals surface area (Å²) in [7, 11) is 0. The zero-order chi connectivity index (χ0) is 17.3. The summed E-state index contributed by atoms with van der Waals surface area (Å²) in [5, 5.41) is 12.0. The highest BCUT2D eigenvalue weighted by atomic mass is 79.9. The summed E-state index contributed by atoms with van der Waals surface area (Å²) in [6, 6.07) is 6.35. The lowest BCUT2D eigenvalue weighted by atomic mass is 9.85. The minimum Gasteiger partial charge on any atom is -0.480 e.